The van der Waals surface area contributed by atoms with Gasteiger partial charge in [0.15, 0.2) is 0 Å². The van der Waals surface area contributed by atoms with Gasteiger partial charge in [-0.3, -0.25) is 14.4 Å². The van der Waals surface area contributed by atoms with Gasteiger partial charge in [0.25, 0.3) is 5.56 Å². The molecule has 2 rings (SSSR count). The highest BCUT2D eigenvalue weighted by molar-refractivity contribution is 5.91. The minimum absolute atomic E-state index is 0.0650. The van der Waals surface area contributed by atoms with Gasteiger partial charge in [0, 0.05) is 35.9 Å². The highest BCUT2D eigenvalue weighted by Gasteiger charge is 2.07. The molecule has 0 saturated carbocycles. The Morgan fingerprint density at radius 3 is 2.68 bits per heavy atom. The summed E-state index contributed by atoms with van der Waals surface area (Å²) in [4.78, 5) is 41.2. The number of amides is 1. The summed E-state index contributed by atoms with van der Waals surface area (Å²) in [5.41, 5.74) is 1.79. The molecule has 1 amide bonds. The van der Waals surface area contributed by atoms with E-state index in [-0.39, 0.29) is 24.3 Å². The van der Waals surface area contributed by atoms with Crippen molar-refractivity contribution in [1.29, 1.82) is 0 Å². The van der Waals surface area contributed by atoms with Crippen LogP contribution in [0.25, 0.3) is 11.4 Å². The van der Waals surface area contributed by atoms with E-state index in [2.05, 4.69) is 15.3 Å². The number of aliphatic carboxylic acids is 1. The van der Waals surface area contributed by atoms with Crippen LogP contribution in [0, 0.1) is 0 Å². The summed E-state index contributed by atoms with van der Waals surface area (Å²) >= 11 is 0. The number of unbranched alkanes of at least 4 members (excludes halogenated alkanes) is 1. The van der Waals surface area contributed by atoms with Crippen LogP contribution in [0.2, 0.25) is 0 Å². The summed E-state index contributed by atoms with van der Waals surface area (Å²) in [5.74, 6) is -0.572. The highest BCUT2D eigenvalue weighted by atomic mass is 16.4. The lowest BCUT2D eigenvalue weighted by Crippen LogP contribution is -2.12. The van der Waals surface area contributed by atoms with Crippen LogP contribution >= 0.6 is 0 Å². The number of aryl methyl sites for hydroxylation is 1. The molecule has 0 radical (unpaired) electrons. The molecule has 0 unspecified atom stereocenters. The SMILES string of the molecule is CCc1cc(=O)[nH]c(-c2cccc(NC(=O)CCCCC(=O)O)c2)n1. The fourth-order valence-corrected chi connectivity index (χ4v) is 2.36. The fraction of sp³-hybridized carbons (Fsp3) is 0.333. The van der Waals surface area contributed by atoms with Crippen LogP contribution in [0.1, 0.15) is 38.3 Å². The third-order valence-corrected chi connectivity index (χ3v) is 3.62. The molecule has 0 aliphatic heterocycles. The molecule has 0 fully saturated rings. The Labute approximate surface area is 145 Å². The number of H-pyrrole nitrogens is 1. The average Bonchev–Trinajstić information content (AvgIpc) is 2.58. The Balaban J connectivity index is 2.04. The van der Waals surface area contributed by atoms with Crippen molar-refractivity contribution in [1.82, 2.24) is 9.97 Å². The van der Waals surface area contributed by atoms with Crippen molar-refractivity contribution in [3.63, 3.8) is 0 Å². The number of benzene rings is 1. The Bertz CT molecular complexity index is 814. The molecule has 0 bridgehead atoms. The minimum Gasteiger partial charge on any atom is -0.481 e. The van der Waals surface area contributed by atoms with E-state index in [9.17, 15) is 14.4 Å². The molecular weight excluding hydrogens is 322 g/mol. The van der Waals surface area contributed by atoms with Gasteiger partial charge in [0.05, 0.1) is 0 Å². The van der Waals surface area contributed by atoms with Crippen LogP contribution in [0.15, 0.2) is 35.1 Å². The van der Waals surface area contributed by atoms with E-state index in [1.54, 1.807) is 24.3 Å². The van der Waals surface area contributed by atoms with E-state index < -0.39 is 5.97 Å². The van der Waals surface area contributed by atoms with Gasteiger partial charge < -0.3 is 15.4 Å². The Morgan fingerprint density at radius 2 is 1.96 bits per heavy atom. The van der Waals surface area contributed by atoms with Crippen LogP contribution < -0.4 is 10.9 Å². The third kappa shape index (κ3) is 5.87. The first-order chi connectivity index (χ1) is 12.0. The predicted octanol–water partition coefficient (Wildman–Crippen LogP) is 2.58. The van der Waals surface area contributed by atoms with Crippen molar-refractivity contribution in [3.05, 3.63) is 46.4 Å². The maximum atomic E-state index is 11.9. The lowest BCUT2D eigenvalue weighted by Gasteiger charge is -2.08. The molecule has 0 atom stereocenters. The molecule has 3 N–H and O–H groups in total. The van der Waals surface area contributed by atoms with Crippen LogP contribution in [0.5, 0.6) is 0 Å². The van der Waals surface area contributed by atoms with Gasteiger partial charge >= 0.3 is 5.97 Å². The topological polar surface area (TPSA) is 112 Å². The molecule has 7 nitrogen and oxygen atoms in total. The monoisotopic (exact) mass is 343 g/mol. The second-order valence-corrected chi connectivity index (χ2v) is 5.67. The normalized spacial score (nSPS) is 10.4. The molecule has 1 heterocycles. The first kappa shape index (κ1) is 18.4. The number of carbonyl (C=O) groups is 2. The minimum atomic E-state index is -0.857. The standard InChI is InChI=1S/C18H21N3O4/c1-2-13-11-16(23)21-18(20-13)12-6-5-7-14(10-12)19-15(22)8-3-4-9-17(24)25/h5-7,10-11H,2-4,8-9H2,1H3,(H,19,22)(H,24,25)(H,20,21,23). The predicted molar refractivity (Wildman–Crippen MR) is 94.4 cm³/mol. The van der Waals surface area contributed by atoms with Crippen molar-refractivity contribution in [2.75, 3.05) is 5.32 Å². The first-order valence-corrected chi connectivity index (χ1v) is 8.20. The Kier molecular flexibility index (Phi) is 6.45. The van der Waals surface area contributed by atoms with E-state index in [1.807, 2.05) is 6.92 Å². The highest BCUT2D eigenvalue weighted by Crippen LogP contribution is 2.19. The van der Waals surface area contributed by atoms with Crippen LogP contribution in [0.3, 0.4) is 0 Å². The van der Waals surface area contributed by atoms with Crippen LogP contribution in [0.4, 0.5) is 5.69 Å². The molecule has 1 aromatic carbocycles. The van der Waals surface area contributed by atoms with Crippen molar-refractivity contribution in [2.24, 2.45) is 0 Å². The molecular formula is C18H21N3O4. The summed E-state index contributed by atoms with van der Waals surface area (Å²) in [7, 11) is 0. The van der Waals surface area contributed by atoms with E-state index in [4.69, 9.17) is 5.11 Å². The number of aromatic amines is 1. The summed E-state index contributed by atoms with van der Waals surface area (Å²) in [6.07, 6.45) is 1.97. The lowest BCUT2D eigenvalue weighted by atomic mass is 10.1. The maximum absolute atomic E-state index is 11.9. The van der Waals surface area contributed by atoms with E-state index in [1.165, 1.54) is 6.07 Å². The van der Waals surface area contributed by atoms with Gasteiger partial charge in [-0.2, -0.15) is 0 Å². The van der Waals surface area contributed by atoms with Crippen LogP contribution in [-0.2, 0) is 16.0 Å². The van der Waals surface area contributed by atoms with Gasteiger partial charge in [-0.15, -0.1) is 0 Å². The molecule has 0 aliphatic carbocycles. The van der Waals surface area contributed by atoms with E-state index >= 15 is 0 Å². The number of nitrogens with zero attached hydrogens (tertiary/aromatic N) is 1. The molecule has 25 heavy (non-hydrogen) atoms. The van der Waals surface area contributed by atoms with Crippen molar-refractivity contribution in [3.8, 4) is 11.4 Å². The zero-order valence-corrected chi connectivity index (χ0v) is 14.0. The van der Waals surface area contributed by atoms with Crippen LogP contribution in [-0.4, -0.2) is 27.0 Å². The summed E-state index contributed by atoms with van der Waals surface area (Å²) in [6.45, 7) is 1.92. The first-order valence-electron chi connectivity index (χ1n) is 8.20. The quantitative estimate of drug-likeness (QED) is 0.638. The Hall–Kier alpha value is -2.96. The number of hydrogen-bond donors (Lipinski definition) is 3. The molecule has 0 saturated heterocycles. The summed E-state index contributed by atoms with van der Waals surface area (Å²) in [5, 5.41) is 11.4. The second kappa shape index (κ2) is 8.77. The number of carboxylic acids is 1. The number of carboxylic acid groups (broad SMARTS) is 1. The third-order valence-electron chi connectivity index (χ3n) is 3.62. The zero-order chi connectivity index (χ0) is 18.2. The van der Waals surface area contributed by atoms with Gasteiger partial charge in [-0.1, -0.05) is 19.1 Å². The van der Waals surface area contributed by atoms with Crippen molar-refractivity contribution < 1.29 is 14.7 Å². The van der Waals surface area contributed by atoms with Gasteiger partial charge in [-0.05, 0) is 31.4 Å². The van der Waals surface area contributed by atoms with Gasteiger partial charge in [0.1, 0.15) is 5.82 Å². The van der Waals surface area contributed by atoms with E-state index in [0.717, 1.165) is 0 Å². The number of nitrogens with one attached hydrogen (secondary N) is 2. The maximum Gasteiger partial charge on any atom is 0.303 e. The smallest absolute Gasteiger partial charge is 0.303 e. The Morgan fingerprint density at radius 1 is 1.20 bits per heavy atom. The number of carbonyl (C=O) groups excluding carboxylic acids is 1. The van der Waals surface area contributed by atoms with Crippen molar-refractivity contribution >= 4 is 17.6 Å². The van der Waals surface area contributed by atoms with Crippen molar-refractivity contribution in [2.45, 2.75) is 39.0 Å². The largest absolute Gasteiger partial charge is 0.481 e. The van der Waals surface area contributed by atoms with E-state index in [0.29, 0.717) is 42.0 Å². The molecule has 1 aromatic heterocycles. The fourth-order valence-electron chi connectivity index (χ4n) is 2.36. The number of anilines is 1. The van der Waals surface area contributed by atoms with Gasteiger partial charge in [-0.25, -0.2) is 4.98 Å². The summed E-state index contributed by atoms with van der Waals surface area (Å²) < 4.78 is 0. The molecule has 2 aromatic rings. The molecule has 132 valence electrons. The molecule has 0 spiro atoms. The summed E-state index contributed by atoms with van der Waals surface area (Å²) in [6, 6.07) is 8.54. The number of rotatable bonds is 8. The molecule has 0 aliphatic rings. The number of aromatic nitrogens is 2. The second-order valence-electron chi connectivity index (χ2n) is 5.67. The zero-order valence-electron chi connectivity index (χ0n) is 14.0. The molecule has 7 heteroatoms. The van der Waals surface area contributed by atoms with Gasteiger partial charge in [0.2, 0.25) is 5.91 Å². The number of hydrogen-bond acceptors (Lipinski definition) is 4. The average molecular weight is 343 g/mol. The lowest BCUT2D eigenvalue weighted by molar-refractivity contribution is -0.137.